The Kier molecular flexibility index (Phi) is 2.73. The lowest BCUT2D eigenvalue weighted by molar-refractivity contribution is 0.518. The van der Waals surface area contributed by atoms with Gasteiger partial charge >= 0.3 is 0 Å². The van der Waals surface area contributed by atoms with Gasteiger partial charge < -0.3 is 9.73 Å². The van der Waals surface area contributed by atoms with Gasteiger partial charge in [-0.25, -0.2) is 4.98 Å². The molecule has 1 aliphatic carbocycles. The number of aromatic nitrogens is 1. The minimum absolute atomic E-state index is 0.549. The van der Waals surface area contributed by atoms with Crippen LogP contribution in [0.5, 0.6) is 0 Å². The fraction of sp³-hybridized carbons (Fsp3) is 0.286. The second-order valence-electron chi connectivity index (χ2n) is 4.39. The Morgan fingerprint density at radius 3 is 3.17 bits per heavy atom. The third-order valence-electron chi connectivity index (χ3n) is 3.18. The summed E-state index contributed by atoms with van der Waals surface area (Å²) in [5.41, 5.74) is 2.95. The molecule has 4 nitrogen and oxygen atoms in total. The Hall–Kier alpha value is -2.28. The summed E-state index contributed by atoms with van der Waals surface area (Å²) in [4.78, 5) is 4.55. The Labute approximate surface area is 105 Å². The zero-order chi connectivity index (χ0) is 12.4. The SMILES string of the molecule is N#Cc1cc2c(nc1NCc1ccco1)CCC2. The van der Waals surface area contributed by atoms with Crippen molar-refractivity contribution in [3.05, 3.63) is 47.0 Å². The van der Waals surface area contributed by atoms with Crippen LogP contribution in [0.15, 0.2) is 28.9 Å². The van der Waals surface area contributed by atoms with Crippen LogP contribution in [0.25, 0.3) is 0 Å². The lowest BCUT2D eigenvalue weighted by Crippen LogP contribution is -2.05. The Morgan fingerprint density at radius 2 is 2.39 bits per heavy atom. The highest BCUT2D eigenvalue weighted by atomic mass is 16.3. The second kappa shape index (κ2) is 4.53. The van der Waals surface area contributed by atoms with E-state index in [0.29, 0.717) is 17.9 Å². The summed E-state index contributed by atoms with van der Waals surface area (Å²) in [5.74, 6) is 1.50. The van der Waals surface area contributed by atoms with Crippen LogP contribution in [-0.2, 0) is 19.4 Å². The van der Waals surface area contributed by atoms with Gasteiger partial charge in [-0.2, -0.15) is 5.26 Å². The molecule has 0 atom stereocenters. The average Bonchev–Trinajstić information content (AvgIpc) is 3.05. The van der Waals surface area contributed by atoms with E-state index in [9.17, 15) is 0 Å². The van der Waals surface area contributed by atoms with Gasteiger partial charge in [0.2, 0.25) is 0 Å². The van der Waals surface area contributed by atoms with E-state index in [1.54, 1.807) is 6.26 Å². The molecule has 0 amide bonds. The molecule has 2 heterocycles. The van der Waals surface area contributed by atoms with Gasteiger partial charge in [0.1, 0.15) is 17.6 Å². The Bertz CT molecular complexity index is 596. The number of aryl methyl sites for hydroxylation is 2. The van der Waals surface area contributed by atoms with Crippen LogP contribution in [-0.4, -0.2) is 4.98 Å². The fourth-order valence-electron chi connectivity index (χ4n) is 2.28. The topological polar surface area (TPSA) is 61.9 Å². The summed E-state index contributed by atoms with van der Waals surface area (Å²) in [6, 6.07) is 7.90. The number of hydrogen-bond donors (Lipinski definition) is 1. The maximum atomic E-state index is 9.15. The lowest BCUT2D eigenvalue weighted by Gasteiger charge is -2.08. The smallest absolute Gasteiger partial charge is 0.144 e. The monoisotopic (exact) mass is 239 g/mol. The number of furan rings is 1. The largest absolute Gasteiger partial charge is 0.467 e. The van der Waals surface area contributed by atoms with Crippen molar-refractivity contribution in [2.45, 2.75) is 25.8 Å². The highest BCUT2D eigenvalue weighted by Gasteiger charge is 2.16. The summed E-state index contributed by atoms with van der Waals surface area (Å²) in [6.45, 7) is 0.549. The van der Waals surface area contributed by atoms with Crippen molar-refractivity contribution in [3.63, 3.8) is 0 Å². The van der Waals surface area contributed by atoms with E-state index in [0.717, 1.165) is 30.7 Å². The quantitative estimate of drug-likeness (QED) is 0.894. The summed E-state index contributed by atoms with van der Waals surface area (Å²) in [7, 11) is 0. The number of rotatable bonds is 3. The van der Waals surface area contributed by atoms with E-state index < -0.39 is 0 Å². The first-order valence-electron chi connectivity index (χ1n) is 6.06. The fourth-order valence-corrected chi connectivity index (χ4v) is 2.28. The van der Waals surface area contributed by atoms with Crippen LogP contribution in [0.1, 0.15) is 29.0 Å². The van der Waals surface area contributed by atoms with E-state index in [1.807, 2.05) is 18.2 Å². The minimum atomic E-state index is 0.549. The van der Waals surface area contributed by atoms with Gasteiger partial charge in [0.15, 0.2) is 0 Å². The van der Waals surface area contributed by atoms with E-state index in [1.165, 1.54) is 5.56 Å². The molecular weight excluding hydrogens is 226 g/mol. The molecule has 0 aromatic carbocycles. The standard InChI is InChI=1S/C14H13N3O/c15-8-11-7-10-3-1-5-13(10)17-14(11)16-9-12-4-2-6-18-12/h2,4,6-7H,1,3,5,9H2,(H,16,17). The van der Waals surface area contributed by atoms with Gasteiger partial charge in [0.25, 0.3) is 0 Å². The number of anilines is 1. The van der Waals surface area contributed by atoms with E-state index in [2.05, 4.69) is 16.4 Å². The maximum Gasteiger partial charge on any atom is 0.144 e. The molecule has 2 aromatic heterocycles. The molecule has 0 unspecified atom stereocenters. The molecule has 0 aliphatic heterocycles. The van der Waals surface area contributed by atoms with Crippen LogP contribution in [0.4, 0.5) is 5.82 Å². The van der Waals surface area contributed by atoms with Gasteiger partial charge in [-0.05, 0) is 43.0 Å². The zero-order valence-corrected chi connectivity index (χ0v) is 9.94. The summed E-state index contributed by atoms with van der Waals surface area (Å²) < 4.78 is 5.25. The Morgan fingerprint density at radius 1 is 1.44 bits per heavy atom. The van der Waals surface area contributed by atoms with Gasteiger partial charge in [0.05, 0.1) is 18.4 Å². The van der Waals surface area contributed by atoms with Crippen LogP contribution in [0.3, 0.4) is 0 Å². The number of nitriles is 1. The maximum absolute atomic E-state index is 9.15. The molecule has 0 bridgehead atoms. The first-order chi connectivity index (χ1) is 8.86. The number of nitrogens with one attached hydrogen (secondary N) is 1. The summed E-state index contributed by atoms with van der Waals surface area (Å²) in [5, 5.41) is 12.3. The number of fused-ring (bicyclic) bond motifs is 1. The average molecular weight is 239 g/mol. The molecule has 0 saturated carbocycles. The third kappa shape index (κ3) is 1.95. The van der Waals surface area contributed by atoms with E-state index in [-0.39, 0.29) is 0 Å². The predicted molar refractivity (Wildman–Crippen MR) is 67.0 cm³/mol. The van der Waals surface area contributed by atoms with Crippen molar-refractivity contribution in [2.24, 2.45) is 0 Å². The first kappa shape index (κ1) is 10.8. The van der Waals surface area contributed by atoms with Gasteiger partial charge in [-0.3, -0.25) is 0 Å². The van der Waals surface area contributed by atoms with Crippen LogP contribution in [0.2, 0.25) is 0 Å². The van der Waals surface area contributed by atoms with Gasteiger partial charge in [0, 0.05) is 5.69 Å². The van der Waals surface area contributed by atoms with Crippen LogP contribution >= 0.6 is 0 Å². The molecule has 1 N–H and O–H groups in total. The molecule has 4 heteroatoms. The molecule has 0 spiro atoms. The highest BCUT2D eigenvalue weighted by molar-refractivity contribution is 5.55. The first-order valence-corrected chi connectivity index (χ1v) is 6.06. The minimum Gasteiger partial charge on any atom is -0.467 e. The van der Waals surface area contributed by atoms with Crippen molar-refractivity contribution in [2.75, 3.05) is 5.32 Å². The summed E-state index contributed by atoms with van der Waals surface area (Å²) >= 11 is 0. The van der Waals surface area contributed by atoms with E-state index >= 15 is 0 Å². The van der Waals surface area contributed by atoms with Crippen LogP contribution in [0, 0.1) is 11.3 Å². The second-order valence-corrected chi connectivity index (χ2v) is 4.39. The number of pyridine rings is 1. The molecule has 0 radical (unpaired) electrons. The molecule has 0 fully saturated rings. The lowest BCUT2D eigenvalue weighted by atomic mass is 10.1. The van der Waals surface area contributed by atoms with Crippen molar-refractivity contribution < 1.29 is 4.42 Å². The van der Waals surface area contributed by atoms with Gasteiger partial charge in [-0.1, -0.05) is 0 Å². The molecular formula is C14H13N3O. The predicted octanol–water partition coefficient (Wildman–Crippen LogP) is 2.65. The molecule has 0 saturated heterocycles. The van der Waals surface area contributed by atoms with Crippen molar-refractivity contribution in [3.8, 4) is 6.07 Å². The molecule has 2 aromatic rings. The summed E-state index contributed by atoms with van der Waals surface area (Å²) in [6.07, 6.45) is 4.82. The Balaban J connectivity index is 1.85. The molecule has 1 aliphatic rings. The van der Waals surface area contributed by atoms with Crippen molar-refractivity contribution in [1.29, 1.82) is 5.26 Å². The zero-order valence-electron chi connectivity index (χ0n) is 9.94. The molecule has 3 rings (SSSR count). The van der Waals surface area contributed by atoms with E-state index in [4.69, 9.17) is 9.68 Å². The molecule has 90 valence electrons. The van der Waals surface area contributed by atoms with Crippen molar-refractivity contribution >= 4 is 5.82 Å². The highest BCUT2D eigenvalue weighted by Crippen LogP contribution is 2.25. The molecule has 18 heavy (non-hydrogen) atoms. The normalized spacial score (nSPS) is 13.1. The van der Waals surface area contributed by atoms with Crippen molar-refractivity contribution in [1.82, 2.24) is 4.98 Å². The third-order valence-corrected chi connectivity index (χ3v) is 3.18. The number of hydrogen-bond acceptors (Lipinski definition) is 4. The van der Waals surface area contributed by atoms with Gasteiger partial charge in [-0.15, -0.1) is 0 Å². The number of nitrogens with zero attached hydrogens (tertiary/aromatic N) is 2. The van der Waals surface area contributed by atoms with Crippen LogP contribution < -0.4 is 5.32 Å².